The second-order valence-electron chi connectivity index (χ2n) is 14.1. The highest BCUT2D eigenvalue weighted by Crippen LogP contribution is 2.35. The molecule has 2 aliphatic heterocycles. The quantitative estimate of drug-likeness (QED) is 0.146. The zero-order valence-electron chi connectivity index (χ0n) is 30.7. The minimum absolute atomic E-state index is 0.0820. The molecule has 4 atom stereocenters. The van der Waals surface area contributed by atoms with E-state index in [2.05, 4.69) is 59.6 Å². The van der Waals surface area contributed by atoms with E-state index >= 15 is 0 Å². The number of benzene rings is 2. The summed E-state index contributed by atoms with van der Waals surface area (Å²) in [7, 11) is 2.58. The second kappa shape index (κ2) is 16.0. The molecule has 2 aromatic carbocycles. The van der Waals surface area contributed by atoms with E-state index in [9.17, 15) is 19.2 Å². The number of amides is 4. The van der Waals surface area contributed by atoms with Gasteiger partial charge in [-0.15, -0.1) is 0 Å². The van der Waals surface area contributed by atoms with Crippen molar-refractivity contribution in [1.29, 1.82) is 0 Å². The SMILES string of the molecule is COC(=O)N[C@@H](C)C(=O)N1CCC[C@H]1c1ncc(-c2ccc(-c3ccc(-c4cnc([C@@H]5C=CCN5C(=O)[C@@H](NC(=O)OC)C5CCCC5)[nH]4)cc3)cc2)[nH]1. The number of methoxy groups -OCH3 is 2. The molecule has 4 heterocycles. The number of nitrogens with one attached hydrogen (secondary N) is 4. The molecule has 0 spiro atoms. The Balaban J connectivity index is 0.996. The molecule has 1 aliphatic carbocycles. The van der Waals surface area contributed by atoms with Gasteiger partial charge in [0, 0.05) is 13.1 Å². The Hall–Kier alpha value is -5.92. The maximum Gasteiger partial charge on any atom is 0.407 e. The first-order chi connectivity index (χ1) is 26.2. The highest BCUT2D eigenvalue weighted by molar-refractivity contribution is 5.87. The van der Waals surface area contributed by atoms with Gasteiger partial charge < -0.3 is 39.9 Å². The molecule has 1 saturated heterocycles. The topological polar surface area (TPSA) is 175 Å². The van der Waals surface area contributed by atoms with Crippen LogP contribution in [0.5, 0.6) is 0 Å². The molecule has 2 fully saturated rings. The lowest BCUT2D eigenvalue weighted by Gasteiger charge is -2.31. The summed E-state index contributed by atoms with van der Waals surface area (Å²) in [6.07, 6.45) is 11.8. The number of ether oxygens (including phenoxy) is 2. The maximum atomic E-state index is 13.8. The van der Waals surface area contributed by atoms with Crippen LogP contribution in [0.2, 0.25) is 0 Å². The summed E-state index contributed by atoms with van der Waals surface area (Å²) in [5, 5.41) is 5.36. The summed E-state index contributed by atoms with van der Waals surface area (Å²) >= 11 is 0. The fraction of sp³-hybridized carbons (Fsp3) is 0.400. The Morgan fingerprint density at radius 1 is 0.722 bits per heavy atom. The molecule has 4 amide bonds. The molecule has 2 aromatic heterocycles. The molecule has 1 saturated carbocycles. The van der Waals surface area contributed by atoms with Gasteiger partial charge in [-0.3, -0.25) is 9.59 Å². The Morgan fingerprint density at radius 2 is 1.28 bits per heavy atom. The van der Waals surface area contributed by atoms with Crippen molar-refractivity contribution in [3.63, 3.8) is 0 Å². The summed E-state index contributed by atoms with van der Waals surface area (Å²) in [5.41, 5.74) is 5.73. The van der Waals surface area contributed by atoms with Gasteiger partial charge in [-0.05, 0) is 60.8 Å². The average molecular weight is 735 g/mol. The van der Waals surface area contributed by atoms with Crippen LogP contribution >= 0.6 is 0 Å². The van der Waals surface area contributed by atoms with Crippen molar-refractivity contribution in [2.45, 2.75) is 69.6 Å². The molecule has 0 unspecified atom stereocenters. The number of aromatic nitrogens is 4. The first-order valence-electron chi connectivity index (χ1n) is 18.5. The third kappa shape index (κ3) is 7.59. The van der Waals surface area contributed by atoms with Crippen molar-refractivity contribution < 1.29 is 28.7 Å². The lowest BCUT2D eigenvalue weighted by atomic mass is 9.96. The van der Waals surface area contributed by atoms with Gasteiger partial charge in [0.1, 0.15) is 29.8 Å². The largest absolute Gasteiger partial charge is 0.453 e. The molecular weight excluding hydrogens is 688 g/mol. The predicted molar refractivity (Wildman–Crippen MR) is 201 cm³/mol. The van der Waals surface area contributed by atoms with E-state index in [1.807, 2.05) is 36.4 Å². The van der Waals surface area contributed by atoms with Gasteiger partial charge in [-0.25, -0.2) is 19.6 Å². The molecule has 14 heteroatoms. The van der Waals surface area contributed by atoms with E-state index in [4.69, 9.17) is 4.74 Å². The Bertz CT molecular complexity index is 2000. The lowest BCUT2D eigenvalue weighted by molar-refractivity contribution is -0.135. The van der Waals surface area contributed by atoms with E-state index in [1.165, 1.54) is 14.2 Å². The second-order valence-corrected chi connectivity index (χ2v) is 14.1. The van der Waals surface area contributed by atoms with Gasteiger partial charge in [-0.1, -0.05) is 73.5 Å². The van der Waals surface area contributed by atoms with Crippen molar-refractivity contribution in [3.8, 4) is 33.6 Å². The van der Waals surface area contributed by atoms with Gasteiger partial charge in [0.25, 0.3) is 0 Å². The fourth-order valence-electron chi connectivity index (χ4n) is 7.85. The number of imidazole rings is 2. The third-order valence-corrected chi connectivity index (χ3v) is 10.8. The minimum atomic E-state index is -0.707. The van der Waals surface area contributed by atoms with Crippen LogP contribution in [0.3, 0.4) is 0 Å². The van der Waals surface area contributed by atoms with E-state index in [0.717, 1.165) is 78.0 Å². The Kier molecular flexibility index (Phi) is 10.8. The van der Waals surface area contributed by atoms with Crippen molar-refractivity contribution in [3.05, 3.63) is 84.7 Å². The molecule has 7 rings (SSSR count). The number of aromatic amines is 2. The van der Waals surface area contributed by atoms with Gasteiger partial charge in [-0.2, -0.15) is 0 Å². The van der Waals surface area contributed by atoms with Crippen LogP contribution in [0.4, 0.5) is 9.59 Å². The normalized spacial score (nSPS) is 19.5. The van der Waals surface area contributed by atoms with Crippen molar-refractivity contribution in [1.82, 2.24) is 40.4 Å². The van der Waals surface area contributed by atoms with Crippen LogP contribution in [-0.4, -0.2) is 93.1 Å². The van der Waals surface area contributed by atoms with Crippen LogP contribution < -0.4 is 10.6 Å². The summed E-state index contributed by atoms with van der Waals surface area (Å²) < 4.78 is 9.48. The number of hydrogen-bond donors (Lipinski definition) is 4. The van der Waals surface area contributed by atoms with E-state index in [0.29, 0.717) is 18.9 Å². The van der Waals surface area contributed by atoms with Gasteiger partial charge in [0.2, 0.25) is 11.8 Å². The standard InChI is InChI=1S/C40H46N8O6/c1-24(43-39(51)53-2)37(49)47-20-6-10-32(47)35-41-22-30(44-35)27-16-12-25(13-17-27)26-14-18-28(19-15-26)31-23-42-36(45-31)33-11-7-21-48(33)38(50)34(46-40(52)54-3)29-8-4-5-9-29/h7,11-19,22-24,29,32-34H,4-6,8-10,20-21H2,1-3H3,(H,41,44)(H,42,45)(H,43,51)(H,46,52)/t24-,32-,33-,34-/m0/s1. The highest BCUT2D eigenvalue weighted by atomic mass is 16.5. The zero-order chi connectivity index (χ0) is 37.8. The van der Waals surface area contributed by atoms with Crippen LogP contribution in [0, 0.1) is 5.92 Å². The summed E-state index contributed by atoms with van der Waals surface area (Å²) in [6, 6.07) is 14.5. The number of nitrogens with zero attached hydrogens (tertiary/aromatic N) is 4. The smallest absolute Gasteiger partial charge is 0.407 e. The molecule has 4 N–H and O–H groups in total. The maximum absolute atomic E-state index is 13.8. The fourth-order valence-corrected chi connectivity index (χ4v) is 7.85. The van der Waals surface area contributed by atoms with Gasteiger partial charge in [0.05, 0.1) is 44.0 Å². The van der Waals surface area contributed by atoms with Crippen LogP contribution in [0.1, 0.15) is 69.2 Å². The van der Waals surface area contributed by atoms with Crippen LogP contribution in [-0.2, 0) is 19.1 Å². The van der Waals surface area contributed by atoms with Gasteiger partial charge in [0.15, 0.2) is 0 Å². The third-order valence-electron chi connectivity index (χ3n) is 10.8. The summed E-state index contributed by atoms with van der Waals surface area (Å²) in [4.78, 5) is 70.3. The van der Waals surface area contributed by atoms with E-state index < -0.39 is 24.3 Å². The number of likely N-dealkylation sites (tertiary alicyclic amines) is 1. The molecule has 3 aliphatic rings. The van der Waals surface area contributed by atoms with Crippen molar-refractivity contribution >= 4 is 24.0 Å². The molecule has 14 nitrogen and oxygen atoms in total. The van der Waals surface area contributed by atoms with Crippen molar-refractivity contribution in [2.75, 3.05) is 27.3 Å². The first kappa shape index (κ1) is 36.4. The number of alkyl carbamates (subject to hydrolysis) is 2. The van der Waals surface area contributed by atoms with E-state index in [1.54, 1.807) is 29.1 Å². The molecule has 4 aromatic rings. The number of H-pyrrole nitrogens is 2. The molecule has 54 heavy (non-hydrogen) atoms. The lowest BCUT2D eigenvalue weighted by Crippen LogP contribution is -2.51. The van der Waals surface area contributed by atoms with Crippen molar-refractivity contribution in [2.24, 2.45) is 5.92 Å². The summed E-state index contributed by atoms with van der Waals surface area (Å²) in [5.74, 6) is 1.16. The number of rotatable bonds is 10. The minimum Gasteiger partial charge on any atom is -0.453 e. The number of hydrogen-bond acceptors (Lipinski definition) is 8. The molecular formula is C40H46N8O6. The Morgan fingerprint density at radius 3 is 1.89 bits per heavy atom. The molecule has 0 radical (unpaired) electrons. The van der Waals surface area contributed by atoms with Crippen LogP contribution in [0.25, 0.3) is 33.6 Å². The van der Waals surface area contributed by atoms with E-state index in [-0.39, 0.29) is 29.8 Å². The molecule has 282 valence electrons. The highest BCUT2D eigenvalue weighted by Gasteiger charge is 2.39. The summed E-state index contributed by atoms with van der Waals surface area (Å²) in [6.45, 7) is 2.69. The number of carbonyl (C=O) groups excluding carboxylic acids is 4. The monoisotopic (exact) mass is 734 g/mol. The zero-order valence-corrected chi connectivity index (χ0v) is 30.7. The molecule has 0 bridgehead atoms. The van der Waals surface area contributed by atoms with Gasteiger partial charge >= 0.3 is 12.2 Å². The average Bonchev–Trinajstić information content (AvgIpc) is 4.05. The van der Waals surface area contributed by atoms with Crippen LogP contribution in [0.15, 0.2) is 73.1 Å². The first-order valence-corrected chi connectivity index (χ1v) is 18.5. The Labute approximate surface area is 313 Å². The number of carbonyl (C=O) groups is 4. The predicted octanol–water partition coefficient (Wildman–Crippen LogP) is 5.90.